The molecule has 0 saturated heterocycles. The summed E-state index contributed by atoms with van der Waals surface area (Å²) in [6, 6.07) is 11.1. The van der Waals surface area contributed by atoms with Gasteiger partial charge in [0, 0.05) is 11.3 Å². The lowest BCUT2D eigenvalue weighted by molar-refractivity contribution is 0.0842. The minimum atomic E-state index is -1.12. The molecule has 154 valence electrons. The largest absolute Gasteiger partial charge is 0.491 e. The quantitative estimate of drug-likeness (QED) is 0.355. The van der Waals surface area contributed by atoms with E-state index >= 15 is 0 Å². The first kappa shape index (κ1) is 23.1. The number of hydrogen-bond donors (Lipinski definition) is 1. The second kappa shape index (κ2) is 10.5. The van der Waals surface area contributed by atoms with Gasteiger partial charge < -0.3 is 14.6 Å². The number of alkyl halides is 2. The SMILES string of the molecule is CC(C)(c1ccc(OCC(O)CF)cc1)c1cc(Cl)c(OCCCCl)c(Cl)c1. The summed E-state index contributed by atoms with van der Waals surface area (Å²) in [5.74, 6) is 1.53. The average Bonchev–Trinajstić information content (AvgIpc) is 2.68. The lowest BCUT2D eigenvalue weighted by Gasteiger charge is -2.27. The summed E-state index contributed by atoms with van der Waals surface area (Å²) in [6.45, 7) is 3.65. The van der Waals surface area contributed by atoms with E-state index in [0.29, 0.717) is 40.5 Å². The smallest absolute Gasteiger partial charge is 0.156 e. The van der Waals surface area contributed by atoms with Crippen LogP contribution in [0.15, 0.2) is 36.4 Å². The molecule has 0 fully saturated rings. The van der Waals surface area contributed by atoms with Crippen molar-refractivity contribution in [3.63, 3.8) is 0 Å². The second-order valence-electron chi connectivity index (χ2n) is 6.93. The van der Waals surface area contributed by atoms with Crippen molar-refractivity contribution in [3.8, 4) is 11.5 Å². The number of rotatable bonds is 10. The molecule has 1 unspecified atom stereocenters. The summed E-state index contributed by atoms with van der Waals surface area (Å²) < 4.78 is 23.3. The fraction of sp³-hybridized carbons (Fsp3) is 0.429. The Hall–Kier alpha value is -1.20. The van der Waals surface area contributed by atoms with Gasteiger partial charge in [0.1, 0.15) is 25.1 Å². The van der Waals surface area contributed by atoms with E-state index in [1.165, 1.54) is 0 Å². The van der Waals surface area contributed by atoms with Gasteiger partial charge in [0.2, 0.25) is 0 Å². The molecule has 1 atom stereocenters. The van der Waals surface area contributed by atoms with Gasteiger partial charge in [0.15, 0.2) is 5.75 Å². The first-order chi connectivity index (χ1) is 13.3. The minimum Gasteiger partial charge on any atom is -0.491 e. The van der Waals surface area contributed by atoms with Crippen molar-refractivity contribution in [3.05, 3.63) is 57.6 Å². The molecule has 2 aromatic carbocycles. The van der Waals surface area contributed by atoms with E-state index in [1.807, 2.05) is 24.3 Å². The van der Waals surface area contributed by atoms with E-state index in [2.05, 4.69) is 13.8 Å². The van der Waals surface area contributed by atoms with Crippen LogP contribution in [0.1, 0.15) is 31.4 Å². The molecular formula is C21H24Cl3FO3. The third-order valence-electron chi connectivity index (χ3n) is 4.44. The third kappa shape index (κ3) is 5.90. The standard InChI is InChI=1S/C21H24Cl3FO3/c1-21(2,14-4-6-17(7-5-14)28-13-16(26)12-25)15-10-18(23)20(19(24)11-15)27-9-3-8-22/h4-7,10-11,16,26H,3,8-9,12-13H2,1-2H3. The van der Waals surface area contributed by atoms with Crippen LogP contribution in [-0.2, 0) is 5.41 Å². The van der Waals surface area contributed by atoms with Crippen LogP contribution in [0, 0.1) is 0 Å². The lowest BCUT2D eigenvalue weighted by Crippen LogP contribution is -2.20. The number of aliphatic hydroxyl groups excluding tert-OH is 1. The van der Waals surface area contributed by atoms with E-state index in [4.69, 9.17) is 44.3 Å². The van der Waals surface area contributed by atoms with Crippen LogP contribution in [0.25, 0.3) is 0 Å². The zero-order valence-corrected chi connectivity index (χ0v) is 18.1. The van der Waals surface area contributed by atoms with E-state index in [0.717, 1.165) is 11.1 Å². The van der Waals surface area contributed by atoms with E-state index in [-0.39, 0.29) is 12.0 Å². The van der Waals surface area contributed by atoms with Crippen molar-refractivity contribution in [1.82, 2.24) is 0 Å². The summed E-state index contributed by atoms with van der Waals surface area (Å²) in [7, 11) is 0. The Labute approximate surface area is 180 Å². The summed E-state index contributed by atoms with van der Waals surface area (Å²) in [5, 5.41) is 10.2. The summed E-state index contributed by atoms with van der Waals surface area (Å²) in [6.07, 6.45) is -0.413. The Bertz CT molecular complexity index is 743. The maximum absolute atomic E-state index is 12.3. The highest BCUT2D eigenvalue weighted by molar-refractivity contribution is 6.37. The van der Waals surface area contributed by atoms with E-state index in [1.54, 1.807) is 12.1 Å². The molecule has 3 nitrogen and oxygen atoms in total. The predicted molar refractivity (Wildman–Crippen MR) is 113 cm³/mol. The molecule has 28 heavy (non-hydrogen) atoms. The normalized spacial score (nSPS) is 12.7. The number of hydrogen-bond acceptors (Lipinski definition) is 3. The average molecular weight is 450 g/mol. The van der Waals surface area contributed by atoms with Gasteiger partial charge in [-0.25, -0.2) is 4.39 Å². The monoisotopic (exact) mass is 448 g/mol. The molecule has 0 aliphatic rings. The maximum atomic E-state index is 12.3. The first-order valence-electron chi connectivity index (χ1n) is 8.95. The van der Waals surface area contributed by atoms with Gasteiger partial charge in [-0.3, -0.25) is 0 Å². The third-order valence-corrected chi connectivity index (χ3v) is 5.27. The van der Waals surface area contributed by atoms with Crippen LogP contribution in [0.4, 0.5) is 4.39 Å². The Kier molecular flexibility index (Phi) is 8.69. The van der Waals surface area contributed by atoms with Crippen LogP contribution in [0.3, 0.4) is 0 Å². The molecule has 0 spiro atoms. The number of benzene rings is 2. The highest BCUT2D eigenvalue weighted by Crippen LogP contribution is 2.40. The lowest BCUT2D eigenvalue weighted by atomic mass is 9.78. The summed E-state index contributed by atoms with van der Waals surface area (Å²) in [5.41, 5.74) is 1.58. The van der Waals surface area contributed by atoms with Gasteiger partial charge in [0.25, 0.3) is 0 Å². The van der Waals surface area contributed by atoms with Crippen LogP contribution < -0.4 is 9.47 Å². The Morgan fingerprint density at radius 1 is 1.04 bits per heavy atom. The molecule has 1 N–H and O–H groups in total. The fourth-order valence-electron chi connectivity index (χ4n) is 2.66. The highest BCUT2D eigenvalue weighted by Gasteiger charge is 2.25. The highest BCUT2D eigenvalue weighted by atomic mass is 35.5. The number of aliphatic hydroxyl groups is 1. The van der Waals surface area contributed by atoms with Crippen molar-refractivity contribution in [2.45, 2.75) is 31.8 Å². The molecule has 0 aliphatic carbocycles. The Balaban J connectivity index is 2.19. The minimum absolute atomic E-state index is 0.0877. The van der Waals surface area contributed by atoms with Crippen LogP contribution in [0.5, 0.6) is 11.5 Å². The molecule has 0 aromatic heterocycles. The molecule has 2 rings (SSSR count). The first-order valence-corrected chi connectivity index (χ1v) is 10.2. The topological polar surface area (TPSA) is 38.7 Å². The molecule has 0 heterocycles. The predicted octanol–water partition coefficient (Wildman–Crippen LogP) is 6.04. The Morgan fingerprint density at radius 2 is 1.64 bits per heavy atom. The zero-order valence-electron chi connectivity index (χ0n) is 15.9. The van der Waals surface area contributed by atoms with Crippen molar-refractivity contribution in [2.75, 3.05) is 25.8 Å². The van der Waals surface area contributed by atoms with Crippen LogP contribution >= 0.6 is 34.8 Å². The van der Waals surface area contributed by atoms with Crippen LogP contribution in [-0.4, -0.2) is 37.0 Å². The summed E-state index contributed by atoms with van der Waals surface area (Å²) >= 11 is 18.5. The van der Waals surface area contributed by atoms with Crippen molar-refractivity contribution >= 4 is 34.8 Å². The molecule has 0 saturated carbocycles. The van der Waals surface area contributed by atoms with Gasteiger partial charge >= 0.3 is 0 Å². The zero-order chi connectivity index (χ0) is 20.7. The molecular weight excluding hydrogens is 426 g/mol. The van der Waals surface area contributed by atoms with Crippen molar-refractivity contribution < 1.29 is 19.0 Å². The number of ether oxygens (including phenoxy) is 2. The molecule has 0 aliphatic heterocycles. The Morgan fingerprint density at radius 3 is 2.18 bits per heavy atom. The maximum Gasteiger partial charge on any atom is 0.156 e. The van der Waals surface area contributed by atoms with E-state index < -0.39 is 12.8 Å². The van der Waals surface area contributed by atoms with Gasteiger partial charge in [-0.2, -0.15) is 0 Å². The fourth-order valence-corrected chi connectivity index (χ4v) is 3.36. The molecule has 0 radical (unpaired) electrons. The summed E-state index contributed by atoms with van der Waals surface area (Å²) in [4.78, 5) is 0. The van der Waals surface area contributed by atoms with Gasteiger partial charge in [-0.05, 0) is 41.8 Å². The van der Waals surface area contributed by atoms with Crippen molar-refractivity contribution in [1.29, 1.82) is 0 Å². The molecule has 0 bridgehead atoms. The van der Waals surface area contributed by atoms with E-state index in [9.17, 15) is 9.50 Å². The van der Waals surface area contributed by atoms with Gasteiger partial charge in [-0.1, -0.05) is 49.2 Å². The number of halogens is 4. The van der Waals surface area contributed by atoms with Crippen LogP contribution in [0.2, 0.25) is 10.0 Å². The van der Waals surface area contributed by atoms with Crippen molar-refractivity contribution in [2.24, 2.45) is 0 Å². The molecule has 2 aromatic rings. The molecule has 0 amide bonds. The van der Waals surface area contributed by atoms with Gasteiger partial charge in [0.05, 0.1) is 16.7 Å². The van der Waals surface area contributed by atoms with Gasteiger partial charge in [-0.15, -0.1) is 11.6 Å². The second-order valence-corrected chi connectivity index (χ2v) is 8.12. The molecule has 7 heteroatoms.